The molecule has 18 heteroatoms. The molecule has 2 atom stereocenters. The number of carbonyl (C=O) groups excluding carboxylic acids is 3. The van der Waals surface area contributed by atoms with Crippen molar-refractivity contribution in [3.8, 4) is 0 Å². The Morgan fingerprint density at radius 3 is 2.16 bits per heavy atom. The predicted octanol–water partition coefficient (Wildman–Crippen LogP) is 8.06. The maximum absolute atomic E-state index is 14.6. The quantitative estimate of drug-likeness (QED) is 0.290. The lowest BCUT2D eigenvalue weighted by Gasteiger charge is -2.45. The first-order chi connectivity index (χ1) is 22.1. The Balaban J connectivity index is 1.87. The minimum Gasteiger partial charge on any atom is -0.444 e. The number of morpholine rings is 1. The number of hydrogen-bond donors (Lipinski definition) is 1. The maximum atomic E-state index is 14.6. The smallest absolute Gasteiger partial charge is 0.411 e. The van der Waals surface area contributed by atoms with Crippen LogP contribution in [0.2, 0.25) is 0 Å². The highest BCUT2D eigenvalue weighted by molar-refractivity contribution is 8.45. The molecule has 49 heavy (non-hydrogen) atoms. The molecule has 1 N–H and O–H groups in total. The molecule has 1 unspecified atom stereocenters. The third kappa shape index (κ3) is 9.73. The Hall–Kier alpha value is -3.67. The van der Waals surface area contributed by atoms with Crippen molar-refractivity contribution in [3.63, 3.8) is 0 Å². The Morgan fingerprint density at radius 2 is 1.63 bits per heavy atom. The van der Waals surface area contributed by atoms with Gasteiger partial charge in [0.25, 0.3) is 5.91 Å². The second-order valence-electron chi connectivity index (χ2n) is 13.8. The van der Waals surface area contributed by atoms with Crippen LogP contribution in [-0.2, 0) is 19.1 Å². The molecule has 3 amide bonds. The fraction of sp³-hybridized carbons (Fsp3) is 0.548. The summed E-state index contributed by atoms with van der Waals surface area (Å²) in [6.45, 7) is 7.20. The SMILES string of the molecule is CC(C)(C)OC(=O)N1CC(C)(C)OC[C@@H]1C(=O)N(c1ccc(S(F)(F)(F)(F)F)cc1)C(C(=O)NC1CCC(F)(F)CC1)c1cncc(F)c1. The molecule has 2 heterocycles. The lowest BCUT2D eigenvalue weighted by Crippen LogP contribution is -2.63. The number of amides is 3. The van der Waals surface area contributed by atoms with E-state index in [1.165, 1.54) is 0 Å². The van der Waals surface area contributed by atoms with E-state index in [1.807, 2.05) is 0 Å². The molecule has 0 bridgehead atoms. The first-order valence-electron chi connectivity index (χ1n) is 15.2. The predicted molar refractivity (Wildman–Crippen MR) is 164 cm³/mol. The van der Waals surface area contributed by atoms with Crippen LogP contribution in [0.4, 0.5) is 43.1 Å². The third-order valence-electron chi connectivity index (χ3n) is 7.88. The highest BCUT2D eigenvalue weighted by atomic mass is 32.5. The molecule has 1 saturated carbocycles. The van der Waals surface area contributed by atoms with Gasteiger partial charge in [-0.1, -0.05) is 19.4 Å². The van der Waals surface area contributed by atoms with E-state index in [-0.39, 0.29) is 37.1 Å². The summed E-state index contributed by atoms with van der Waals surface area (Å²) in [6, 6.07) is -2.42. The number of aromatic nitrogens is 1. The second kappa shape index (κ2) is 12.3. The Morgan fingerprint density at radius 1 is 1.04 bits per heavy atom. The van der Waals surface area contributed by atoms with Gasteiger partial charge >= 0.3 is 16.3 Å². The number of benzene rings is 1. The van der Waals surface area contributed by atoms with E-state index in [1.54, 1.807) is 34.6 Å². The monoisotopic (exact) mass is 730 g/mol. The molecular weight excluding hydrogens is 692 g/mol. The summed E-state index contributed by atoms with van der Waals surface area (Å²) in [4.78, 5) is 45.1. The fourth-order valence-corrected chi connectivity index (χ4v) is 6.22. The summed E-state index contributed by atoms with van der Waals surface area (Å²) in [5.74, 6) is -6.15. The maximum Gasteiger partial charge on any atom is 0.411 e. The van der Waals surface area contributed by atoms with E-state index < -0.39 is 99.2 Å². The fourth-order valence-electron chi connectivity index (χ4n) is 5.57. The standard InChI is InChI=1S/C31H38F8N4O5S/c1-29(2,3)48-28(46)42-18-30(4,5)47-17-24(42)27(45)43(22-6-8-23(9-7-22)49(35,36,37,38)39)25(19-14-20(32)16-40-15-19)26(44)41-21-10-12-31(33,34)13-11-21/h6-9,14-16,21,24-25H,10-13,17-18H2,1-5H3,(H,41,44)/t24-,25?/m1/s1. The zero-order valence-corrected chi connectivity index (χ0v) is 28.1. The van der Waals surface area contributed by atoms with Crippen LogP contribution in [0.5, 0.6) is 0 Å². The molecule has 1 aliphatic heterocycles. The number of hydrogen-bond acceptors (Lipinski definition) is 6. The normalized spacial score (nSPS) is 21.9. The van der Waals surface area contributed by atoms with E-state index in [0.29, 0.717) is 17.0 Å². The van der Waals surface area contributed by atoms with E-state index >= 15 is 0 Å². The first kappa shape index (κ1) is 38.1. The van der Waals surface area contributed by atoms with Gasteiger partial charge in [-0.3, -0.25) is 24.4 Å². The summed E-state index contributed by atoms with van der Waals surface area (Å²) >= 11 is 0. The Kier molecular flexibility index (Phi) is 9.56. The highest BCUT2D eigenvalue weighted by Crippen LogP contribution is 3.02. The van der Waals surface area contributed by atoms with Gasteiger partial charge in [0.1, 0.15) is 28.4 Å². The molecule has 0 radical (unpaired) electrons. The molecule has 4 rings (SSSR count). The summed E-state index contributed by atoms with van der Waals surface area (Å²) in [5, 5.41) is 2.56. The topological polar surface area (TPSA) is 101 Å². The van der Waals surface area contributed by atoms with Crippen molar-refractivity contribution in [1.29, 1.82) is 0 Å². The third-order valence-corrected chi connectivity index (χ3v) is 9.04. The zero-order valence-electron chi connectivity index (χ0n) is 27.3. The second-order valence-corrected chi connectivity index (χ2v) is 16.3. The van der Waals surface area contributed by atoms with Crippen molar-refractivity contribution in [3.05, 3.63) is 54.1 Å². The van der Waals surface area contributed by atoms with Crippen LogP contribution in [0.25, 0.3) is 0 Å². The summed E-state index contributed by atoms with van der Waals surface area (Å²) in [5.41, 5.74) is -2.89. The number of alkyl halides is 2. The van der Waals surface area contributed by atoms with Gasteiger partial charge < -0.3 is 14.8 Å². The van der Waals surface area contributed by atoms with Crippen molar-refractivity contribution >= 4 is 33.8 Å². The molecule has 9 nitrogen and oxygen atoms in total. The number of halogens is 8. The molecule has 1 aliphatic carbocycles. The van der Waals surface area contributed by atoms with Crippen molar-refractivity contribution in [2.75, 3.05) is 18.1 Å². The summed E-state index contributed by atoms with van der Waals surface area (Å²) in [6.07, 6.45) is -0.675. The van der Waals surface area contributed by atoms with Gasteiger partial charge in [0, 0.05) is 36.3 Å². The number of nitrogens with one attached hydrogen (secondary N) is 1. The van der Waals surface area contributed by atoms with Crippen LogP contribution in [0.15, 0.2) is 47.6 Å². The molecule has 2 fully saturated rings. The molecule has 1 aromatic heterocycles. The molecule has 2 aliphatic rings. The van der Waals surface area contributed by atoms with E-state index in [0.717, 1.165) is 23.4 Å². The van der Waals surface area contributed by atoms with Crippen molar-refractivity contribution < 1.29 is 56.5 Å². The Labute approximate surface area is 278 Å². The van der Waals surface area contributed by atoms with Crippen molar-refractivity contribution in [2.45, 2.75) is 100 Å². The van der Waals surface area contributed by atoms with Crippen LogP contribution in [0.1, 0.15) is 71.9 Å². The molecule has 274 valence electrons. The number of rotatable bonds is 7. The van der Waals surface area contributed by atoms with Crippen LogP contribution in [-0.4, -0.2) is 70.2 Å². The summed E-state index contributed by atoms with van der Waals surface area (Å²) in [7, 11) is -10.2. The van der Waals surface area contributed by atoms with Gasteiger partial charge in [-0.15, -0.1) is 0 Å². The van der Waals surface area contributed by atoms with Gasteiger partial charge in [-0.2, -0.15) is 0 Å². The van der Waals surface area contributed by atoms with E-state index in [9.17, 15) is 47.0 Å². The van der Waals surface area contributed by atoms with Crippen molar-refractivity contribution in [1.82, 2.24) is 15.2 Å². The van der Waals surface area contributed by atoms with Crippen molar-refractivity contribution in [2.24, 2.45) is 0 Å². The lowest BCUT2D eigenvalue weighted by atomic mass is 9.91. The minimum absolute atomic E-state index is 0.0330. The van der Waals surface area contributed by atoms with Crippen LogP contribution < -0.4 is 10.2 Å². The van der Waals surface area contributed by atoms with Crippen LogP contribution >= 0.6 is 10.2 Å². The average Bonchev–Trinajstić information content (AvgIpc) is 2.94. The van der Waals surface area contributed by atoms with E-state index in [2.05, 4.69) is 10.3 Å². The van der Waals surface area contributed by atoms with Gasteiger partial charge in [0.15, 0.2) is 0 Å². The Bertz CT molecular complexity index is 1580. The van der Waals surface area contributed by atoms with Gasteiger partial charge in [0.2, 0.25) is 11.8 Å². The first-order valence-corrected chi connectivity index (χ1v) is 17.2. The van der Waals surface area contributed by atoms with Gasteiger partial charge in [0.05, 0.1) is 24.9 Å². The molecule has 1 aromatic carbocycles. The van der Waals surface area contributed by atoms with Gasteiger partial charge in [-0.25, -0.2) is 18.0 Å². The molecule has 1 saturated heterocycles. The number of ether oxygens (including phenoxy) is 2. The lowest BCUT2D eigenvalue weighted by molar-refractivity contribution is -0.145. The number of nitrogens with zero attached hydrogens (tertiary/aromatic N) is 3. The van der Waals surface area contributed by atoms with E-state index in [4.69, 9.17) is 9.47 Å². The number of carbonyl (C=O) groups is 3. The average molecular weight is 731 g/mol. The number of anilines is 1. The zero-order chi connectivity index (χ0) is 36.9. The van der Waals surface area contributed by atoms with Gasteiger partial charge in [-0.05, 0) is 77.8 Å². The molecule has 2 aromatic rings. The minimum atomic E-state index is -10.2. The molecule has 0 spiro atoms. The number of pyridine rings is 1. The van der Waals surface area contributed by atoms with Crippen LogP contribution in [0, 0.1) is 5.82 Å². The highest BCUT2D eigenvalue weighted by Gasteiger charge is 2.65. The molecular formula is C31H38F8N4O5S. The largest absolute Gasteiger partial charge is 0.444 e. The van der Waals surface area contributed by atoms with Crippen LogP contribution in [0.3, 0.4) is 0 Å². The summed E-state index contributed by atoms with van der Waals surface area (Å²) < 4.78 is 122.